The molecule has 0 bridgehead atoms. The van der Waals surface area contributed by atoms with Crippen LogP contribution in [0.3, 0.4) is 0 Å². The molecule has 0 aliphatic heterocycles. The Kier molecular flexibility index (Phi) is 3.19. The van der Waals surface area contributed by atoms with Gasteiger partial charge in [0.15, 0.2) is 0 Å². The number of aromatic nitrogens is 2. The molecular formula is C11H11FN4. The molecule has 0 radical (unpaired) electrons. The summed E-state index contributed by atoms with van der Waals surface area (Å²) in [5, 5.41) is 0. The highest BCUT2D eigenvalue weighted by atomic mass is 19.1. The summed E-state index contributed by atoms with van der Waals surface area (Å²) in [5.74, 6) is 5.16. The largest absolute Gasteiger partial charge is 0.271 e. The zero-order valence-electron chi connectivity index (χ0n) is 8.47. The summed E-state index contributed by atoms with van der Waals surface area (Å²) >= 11 is 0. The van der Waals surface area contributed by atoms with Crippen molar-refractivity contribution in [3.8, 4) is 0 Å². The first-order valence-corrected chi connectivity index (χ1v) is 4.78. The zero-order chi connectivity index (χ0) is 11.4. The molecular weight excluding hydrogens is 207 g/mol. The minimum absolute atomic E-state index is 0.297. The molecule has 0 amide bonds. The minimum atomic E-state index is -0.308. The Labute approximate surface area is 92.3 Å². The van der Waals surface area contributed by atoms with E-state index in [2.05, 4.69) is 15.4 Å². The second-order valence-corrected chi connectivity index (χ2v) is 3.33. The fraction of sp³-hybridized carbons (Fsp3) is 0.0909. The molecule has 0 aliphatic carbocycles. The highest BCUT2D eigenvalue weighted by Crippen LogP contribution is 2.20. The number of nitrogens with zero attached hydrogens (tertiary/aromatic N) is 2. The molecule has 0 saturated heterocycles. The molecule has 2 rings (SSSR count). The summed E-state index contributed by atoms with van der Waals surface area (Å²) in [5.41, 5.74) is 4.14. The first-order chi connectivity index (χ1) is 7.81. The van der Waals surface area contributed by atoms with Crippen LogP contribution in [0.4, 0.5) is 4.39 Å². The maximum absolute atomic E-state index is 13.1. The Bertz CT molecular complexity index is 461. The number of hydrogen-bond donors (Lipinski definition) is 2. The van der Waals surface area contributed by atoms with Gasteiger partial charge in [0.1, 0.15) is 12.1 Å². The summed E-state index contributed by atoms with van der Waals surface area (Å²) in [6.07, 6.45) is 4.72. The van der Waals surface area contributed by atoms with Gasteiger partial charge in [-0.05, 0) is 17.7 Å². The Hall–Kier alpha value is -1.85. The molecule has 82 valence electrons. The van der Waals surface area contributed by atoms with Crippen molar-refractivity contribution in [2.75, 3.05) is 0 Å². The van der Waals surface area contributed by atoms with Gasteiger partial charge in [0.2, 0.25) is 0 Å². The van der Waals surface area contributed by atoms with Gasteiger partial charge in [0.25, 0.3) is 0 Å². The topological polar surface area (TPSA) is 63.8 Å². The van der Waals surface area contributed by atoms with Crippen LogP contribution in [0.2, 0.25) is 0 Å². The number of halogens is 1. The van der Waals surface area contributed by atoms with Crippen molar-refractivity contribution in [1.82, 2.24) is 15.4 Å². The molecule has 3 N–H and O–H groups in total. The lowest BCUT2D eigenvalue weighted by Crippen LogP contribution is -2.29. The van der Waals surface area contributed by atoms with Gasteiger partial charge in [-0.3, -0.25) is 5.84 Å². The first kappa shape index (κ1) is 10.7. The number of benzene rings is 1. The third kappa shape index (κ3) is 2.21. The predicted octanol–water partition coefficient (Wildman–Crippen LogP) is 1.17. The van der Waals surface area contributed by atoms with Crippen LogP contribution in [0.15, 0.2) is 43.0 Å². The van der Waals surface area contributed by atoms with E-state index in [1.165, 1.54) is 18.5 Å². The number of rotatable bonds is 3. The lowest BCUT2D eigenvalue weighted by Gasteiger charge is -2.15. The van der Waals surface area contributed by atoms with E-state index in [4.69, 9.17) is 5.84 Å². The van der Waals surface area contributed by atoms with Gasteiger partial charge in [0.05, 0.1) is 6.04 Å². The SMILES string of the molecule is NNC(c1cncnc1)c1cccc(F)c1. The Morgan fingerprint density at radius 1 is 1.19 bits per heavy atom. The standard InChI is InChI=1S/C11H11FN4/c12-10-3-1-2-8(4-10)11(16-13)9-5-14-7-15-6-9/h1-7,11,16H,13H2. The van der Waals surface area contributed by atoms with Crippen LogP contribution in [-0.4, -0.2) is 9.97 Å². The summed E-state index contributed by atoms with van der Waals surface area (Å²) in [6, 6.07) is 5.94. The van der Waals surface area contributed by atoms with Gasteiger partial charge in [-0.25, -0.2) is 19.8 Å². The molecule has 4 nitrogen and oxygen atoms in total. The second kappa shape index (κ2) is 4.78. The average molecular weight is 218 g/mol. The van der Waals surface area contributed by atoms with E-state index in [1.807, 2.05) is 0 Å². The van der Waals surface area contributed by atoms with Crippen molar-refractivity contribution >= 4 is 0 Å². The van der Waals surface area contributed by atoms with E-state index >= 15 is 0 Å². The third-order valence-corrected chi connectivity index (χ3v) is 2.26. The Morgan fingerprint density at radius 3 is 2.56 bits per heavy atom. The van der Waals surface area contributed by atoms with Crippen LogP contribution < -0.4 is 11.3 Å². The van der Waals surface area contributed by atoms with E-state index in [1.54, 1.807) is 24.5 Å². The maximum atomic E-state index is 13.1. The lowest BCUT2D eigenvalue weighted by atomic mass is 10.0. The first-order valence-electron chi connectivity index (χ1n) is 4.78. The van der Waals surface area contributed by atoms with Crippen molar-refractivity contribution in [2.45, 2.75) is 6.04 Å². The monoisotopic (exact) mass is 218 g/mol. The van der Waals surface area contributed by atoms with E-state index in [0.29, 0.717) is 0 Å². The van der Waals surface area contributed by atoms with E-state index in [-0.39, 0.29) is 11.9 Å². The lowest BCUT2D eigenvalue weighted by molar-refractivity contribution is 0.603. The molecule has 16 heavy (non-hydrogen) atoms. The molecule has 1 aromatic carbocycles. The molecule has 5 heteroatoms. The smallest absolute Gasteiger partial charge is 0.123 e. The Morgan fingerprint density at radius 2 is 1.94 bits per heavy atom. The van der Waals surface area contributed by atoms with Gasteiger partial charge < -0.3 is 0 Å². The van der Waals surface area contributed by atoms with Crippen LogP contribution in [0, 0.1) is 5.82 Å². The van der Waals surface area contributed by atoms with Crippen LogP contribution in [0.5, 0.6) is 0 Å². The summed E-state index contributed by atoms with van der Waals surface area (Å²) in [4.78, 5) is 7.80. The van der Waals surface area contributed by atoms with Crippen LogP contribution in [0.25, 0.3) is 0 Å². The fourth-order valence-electron chi connectivity index (χ4n) is 1.53. The predicted molar refractivity (Wildman–Crippen MR) is 57.6 cm³/mol. The number of hydrazine groups is 1. The van der Waals surface area contributed by atoms with Gasteiger partial charge >= 0.3 is 0 Å². The number of nitrogens with two attached hydrogens (primary N) is 1. The maximum Gasteiger partial charge on any atom is 0.123 e. The third-order valence-electron chi connectivity index (χ3n) is 2.26. The highest BCUT2D eigenvalue weighted by Gasteiger charge is 2.12. The molecule has 1 unspecified atom stereocenters. The molecule has 1 heterocycles. The molecule has 0 fully saturated rings. The number of nitrogens with one attached hydrogen (secondary N) is 1. The molecule has 0 spiro atoms. The molecule has 1 aromatic heterocycles. The van der Waals surface area contributed by atoms with Crippen molar-refractivity contribution in [3.05, 3.63) is 59.9 Å². The number of hydrogen-bond acceptors (Lipinski definition) is 4. The van der Waals surface area contributed by atoms with Crippen LogP contribution in [-0.2, 0) is 0 Å². The Balaban J connectivity index is 2.37. The highest BCUT2D eigenvalue weighted by molar-refractivity contribution is 5.28. The molecule has 0 saturated carbocycles. The average Bonchev–Trinajstić information content (AvgIpc) is 2.31. The van der Waals surface area contributed by atoms with E-state index < -0.39 is 0 Å². The molecule has 0 aliphatic rings. The summed E-state index contributed by atoms with van der Waals surface area (Å²) in [7, 11) is 0. The van der Waals surface area contributed by atoms with Gasteiger partial charge in [-0.1, -0.05) is 12.1 Å². The van der Waals surface area contributed by atoms with Crippen LogP contribution in [0.1, 0.15) is 17.2 Å². The van der Waals surface area contributed by atoms with Crippen molar-refractivity contribution in [2.24, 2.45) is 5.84 Å². The van der Waals surface area contributed by atoms with Crippen LogP contribution >= 0.6 is 0 Å². The van der Waals surface area contributed by atoms with E-state index in [9.17, 15) is 4.39 Å². The summed E-state index contributed by atoms with van der Waals surface area (Å²) < 4.78 is 13.1. The second-order valence-electron chi connectivity index (χ2n) is 3.33. The zero-order valence-corrected chi connectivity index (χ0v) is 8.47. The molecule has 1 atom stereocenters. The van der Waals surface area contributed by atoms with Crippen molar-refractivity contribution < 1.29 is 4.39 Å². The van der Waals surface area contributed by atoms with Gasteiger partial charge in [-0.15, -0.1) is 0 Å². The quantitative estimate of drug-likeness (QED) is 0.599. The minimum Gasteiger partial charge on any atom is -0.271 e. The van der Waals surface area contributed by atoms with Gasteiger partial charge in [0, 0.05) is 18.0 Å². The fourth-order valence-corrected chi connectivity index (χ4v) is 1.53. The normalized spacial score (nSPS) is 12.4. The van der Waals surface area contributed by atoms with Crippen molar-refractivity contribution in [1.29, 1.82) is 0 Å². The van der Waals surface area contributed by atoms with Crippen molar-refractivity contribution in [3.63, 3.8) is 0 Å². The van der Waals surface area contributed by atoms with Gasteiger partial charge in [-0.2, -0.15) is 0 Å². The molecule has 2 aromatic rings. The summed E-state index contributed by atoms with van der Waals surface area (Å²) in [6.45, 7) is 0. The van der Waals surface area contributed by atoms with E-state index in [0.717, 1.165) is 11.1 Å².